The normalized spacial score (nSPS) is 17.8. The number of ether oxygens (including phenoxy) is 1. The van der Waals surface area contributed by atoms with E-state index in [2.05, 4.69) is 4.72 Å². The molecule has 0 amide bonds. The van der Waals surface area contributed by atoms with Gasteiger partial charge in [-0.2, -0.15) is 0 Å². The molecule has 0 bridgehead atoms. The van der Waals surface area contributed by atoms with E-state index in [9.17, 15) is 13.2 Å². The molecule has 1 aliphatic rings. The van der Waals surface area contributed by atoms with Gasteiger partial charge >= 0.3 is 0 Å². The van der Waals surface area contributed by atoms with Crippen molar-refractivity contribution < 1.29 is 17.9 Å². The first-order chi connectivity index (χ1) is 14.2. The van der Waals surface area contributed by atoms with Gasteiger partial charge in [0.05, 0.1) is 17.3 Å². The summed E-state index contributed by atoms with van der Waals surface area (Å²) in [6.07, 6.45) is 0.230. The first-order valence-electron chi connectivity index (χ1n) is 9.16. The van der Waals surface area contributed by atoms with E-state index >= 15 is 0 Å². The minimum absolute atomic E-state index is 0.273. The van der Waals surface area contributed by atoms with Crippen molar-refractivity contribution in [3.05, 3.63) is 82.9 Å². The van der Waals surface area contributed by atoms with E-state index in [-0.39, 0.29) is 5.78 Å². The molecule has 0 saturated heterocycles. The first kappa shape index (κ1) is 20.4. The molecule has 2 atom stereocenters. The Labute approximate surface area is 179 Å². The molecule has 0 aromatic heterocycles. The molecule has 30 heavy (non-hydrogen) atoms. The Morgan fingerprint density at radius 3 is 2.50 bits per heavy atom. The number of Topliss-reactive ketones (excluding diaryl/α,β-unsaturated/α-hetero) is 1. The molecule has 3 aromatic rings. The maximum Gasteiger partial charge on any atom is 0.229 e. The van der Waals surface area contributed by atoms with Gasteiger partial charge in [-0.05, 0) is 41.5 Å². The Bertz CT molecular complexity index is 1240. The van der Waals surface area contributed by atoms with Crippen LogP contribution in [0.1, 0.15) is 22.0 Å². The molecule has 0 saturated carbocycles. The summed E-state index contributed by atoms with van der Waals surface area (Å²) in [5.74, 6) is 0.247. The lowest BCUT2D eigenvalue weighted by molar-refractivity contribution is 0.0795. The molecule has 1 aliphatic heterocycles. The number of rotatable bonds is 5. The van der Waals surface area contributed by atoms with Crippen LogP contribution in [0.15, 0.2) is 66.7 Å². The fraction of sp³-hybridized carbons (Fsp3) is 0.136. The number of benzene rings is 3. The summed E-state index contributed by atoms with van der Waals surface area (Å²) in [5.41, 5.74) is 9.46. The largest absolute Gasteiger partial charge is 0.480 e. The molecule has 0 fully saturated rings. The SMILES string of the molecule is CS(=O)(=O)Nc1cccc(-c2ccc3c(c2)OC(C(=O)c2ccccc2Cl)C3N)c1. The third-order valence-corrected chi connectivity index (χ3v) is 5.79. The first-order valence-corrected chi connectivity index (χ1v) is 11.4. The summed E-state index contributed by atoms with van der Waals surface area (Å²) in [6.45, 7) is 0. The highest BCUT2D eigenvalue weighted by Gasteiger charge is 2.38. The van der Waals surface area contributed by atoms with Crippen LogP contribution in [-0.4, -0.2) is 26.6 Å². The number of ketones is 1. The summed E-state index contributed by atoms with van der Waals surface area (Å²) in [7, 11) is -3.38. The van der Waals surface area contributed by atoms with E-state index in [1.54, 1.807) is 48.5 Å². The minimum atomic E-state index is -3.38. The number of hydrogen-bond donors (Lipinski definition) is 2. The smallest absolute Gasteiger partial charge is 0.229 e. The van der Waals surface area contributed by atoms with E-state index < -0.39 is 22.2 Å². The molecule has 8 heteroatoms. The van der Waals surface area contributed by atoms with E-state index in [4.69, 9.17) is 22.1 Å². The standard InChI is InChI=1S/C22H19ClN2O4S/c1-30(27,28)25-15-6-4-5-13(11-15)14-9-10-17-19(12-14)29-22(20(17)24)21(26)16-7-2-3-8-18(16)23/h2-12,20,22,25H,24H2,1H3. The Balaban J connectivity index is 1.63. The van der Waals surface area contributed by atoms with Gasteiger partial charge in [0.2, 0.25) is 15.8 Å². The van der Waals surface area contributed by atoms with Crippen molar-refractivity contribution in [2.75, 3.05) is 11.0 Å². The molecule has 0 aliphatic carbocycles. The van der Waals surface area contributed by atoms with Gasteiger partial charge in [0, 0.05) is 16.8 Å². The molecule has 2 unspecified atom stereocenters. The van der Waals surface area contributed by atoms with Crippen LogP contribution in [0.4, 0.5) is 5.69 Å². The van der Waals surface area contributed by atoms with Crippen LogP contribution in [0.3, 0.4) is 0 Å². The van der Waals surface area contributed by atoms with Crippen LogP contribution >= 0.6 is 11.6 Å². The van der Waals surface area contributed by atoms with Gasteiger partial charge in [0.15, 0.2) is 6.10 Å². The lowest BCUT2D eigenvalue weighted by Gasteiger charge is -2.14. The lowest BCUT2D eigenvalue weighted by Crippen LogP contribution is -2.33. The van der Waals surface area contributed by atoms with E-state index in [1.807, 2.05) is 18.2 Å². The number of nitrogens with one attached hydrogen (secondary N) is 1. The van der Waals surface area contributed by atoms with Crippen LogP contribution in [0.2, 0.25) is 5.02 Å². The monoisotopic (exact) mass is 442 g/mol. The molecule has 0 spiro atoms. The van der Waals surface area contributed by atoms with Crippen LogP contribution in [0.5, 0.6) is 5.75 Å². The Kier molecular flexibility index (Phi) is 5.27. The third kappa shape index (κ3) is 4.05. The maximum atomic E-state index is 12.9. The molecule has 3 N–H and O–H groups in total. The zero-order chi connectivity index (χ0) is 21.5. The average molecular weight is 443 g/mol. The molecule has 4 rings (SSSR count). The molecular formula is C22H19ClN2O4S. The number of nitrogens with two attached hydrogens (primary N) is 1. The van der Waals surface area contributed by atoms with Crippen LogP contribution in [0, 0.1) is 0 Å². The predicted molar refractivity (Wildman–Crippen MR) is 117 cm³/mol. The van der Waals surface area contributed by atoms with E-state index in [1.165, 1.54) is 0 Å². The quantitative estimate of drug-likeness (QED) is 0.581. The average Bonchev–Trinajstić information content (AvgIpc) is 3.03. The van der Waals surface area contributed by atoms with Gasteiger partial charge in [0.1, 0.15) is 5.75 Å². The molecule has 154 valence electrons. The number of fused-ring (bicyclic) bond motifs is 1. The predicted octanol–water partition coefficient (Wildman–Crippen LogP) is 4.02. The number of sulfonamides is 1. The number of carbonyl (C=O) groups is 1. The number of halogens is 1. The zero-order valence-corrected chi connectivity index (χ0v) is 17.6. The fourth-order valence-corrected chi connectivity index (χ4v) is 4.26. The van der Waals surface area contributed by atoms with Crippen molar-refractivity contribution in [1.29, 1.82) is 0 Å². The summed E-state index contributed by atoms with van der Waals surface area (Å²) in [6, 6.07) is 18.7. The maximum absolute atomic E-state index is 12.9. The van der Waals surface area contributed by atoms with Gasteiger partial charge in [-0.25, -0.2) is 8.42 Å². The highest BCUT2D eigenvalue weighted by molar-refractivity contribution is 7.92. The summed E-state index contributed by atoms with van der Waals surface area (Å²) in [5, 5.41) is 0.352. The number of anilines is 1. The fourth-order valence-electron chi connectivity index (χ4n) is 3.47. The van der Waals surface area contributed by atoms with Crippen molar-refractivity contribution in [3.8, 4) is 16.9 Å². The third-order valence-electron chi connectivity index (χ3n) is 4.85. The molecule has 0 radical (unpaired) electrons. The van der Waals surface area contributed by atoms with Crippen molar-refractivity contribution in [2.45, 2.75) is 12.1 Å². The van der Waals surface area contributed by atoms with Gasteiger partial charge < -0.3 is 10.5 Å². The summed E-state index contributed by atoms with van der Waals surface area (Å²) in [4.78, 5) is 12.9. The molecule has 6 nitrogen and oxygen atoms in total. The van der Waals surface area contributed by atoms with Crippen molar-refractivity contribution in [1.82, 2.24) is 0 Å². The van der Waals surface area contributed by atoms with Crippen molar-refractivity contribution in [3.63, 3.8) is 0 Å². The highest BCUT2D eigenvalue weighted by atomic mass is 35.5. The molecule has 3 aromatic carbocycles. The van der Waals surface area contributed by atoms with Crippen molar-refractivity contribution in [2.24, 2.45) is 5.73 Å². The van der Waals surface area contributed by atoms with Crippen LogP contribution < -0.4 is 15.2 Å². The molecule has 1 heterocycles. The Morgan fingerprint density at radius 1 is 1.03 bits per heavy atom. The van der Waals surface area contributed by atoms with Crippen LogP contribution in [0.25, 0.3) is 11.1 Å². The van der Waals surface area contributed by atoms with Gasteiger partial charge in [-0.1, -0.05) is 48.0 Å². The van der Waals surface area contributed by atoms with Gasteiger partial charge in [-0.3, -0.25) is 9.52 Å². The van der Waals surface area contributed by atoms with E-state index in [0.29, 0.717) is 22.0 Å². The van der Waals surface area contributed by atoms with Crippen molar-refractivity contribution >= 4 is 33.1 Å². The van der Waals surface area contributed by atoms with E-state index in [0.717, 1.165) is 22.9 Å². The summed E-state index contributed by atoms with van der Waals surface area (Å²) < 4.78 is 31.4. The minimum Gasteiger partial charge on any atom is -0.480 e. The zero-order valence-electron chi connectivity index (χ0n) is 16.0. The topological polar surface area (TPSA) is 98.5 Å². The Morgan fingerprint density at radius 2 is 1.77 bits per heavy atom. The second-order valence-electron chi connectivity index (χ2n) is 7.12. The van der Waals surface area contributed by atoms with Gasteiger partial charge in [-0.15, -0.1) is 0 Å². The second-order valence-corrected chi connectivity index (χ2v) is 9.27. The lowest BCUT2D eigenvalue weighted by atomic mass is 9.96. The number of carbonyl (C=O) groups excluding carboxylic acids is 1. The Hall–Kier alpha value is -2.87. The van der Waals surface area contributed by atoms with Crippen LogP contribution in [-0.2, 0) is 10.0 Å². The summed E-state index contributed by atoms with van der Waals surface area (Å²) >= 11 is 6.16. The number of hydrogen-bond acceptors (Lipinski definition) is 5. The molecular weight excluding hydrogens is 424 g/mol. The second kappa shape index (κ2) is 7.75. The van der Waals surface area contributed by atoms with Gasteiger partial charge in [0.25, 0.3) is 0 Å². The highest BCUT2D eigenvalue weighted by Crippen LogP contribution is 2.40.